The van der Waals surface area contributed by atoms with E-state index in [-0.39, 0.29) is 29.5 Å². The molecule has 1 saturated heterocycles. The van der Waals surface area contributed by atoms with Crippen LogP contribution in [0.2, 0.25) is 0 Å². The molecule has 1 aliphatic heterocycles. The molecule has 0 aliphatic carbocycles. The summed E-state index contributed by atoms with van der Waals surface area (Å²) in [6.45, 7) is 16.5. The van der Waals surface area contributed by atoms with Gasteiger partial charge in [0.25, 0.3) is 0 Å². The molecule has 0 spiro atoms. The summed E-state index contributed by atoms with van der Waals surface area (Å²) in [6.07, 6.45) is 2.18. The number of guanidine groups is 1. The highest BCUT2D eigenvalue weighted by Crippen LogP contribution is 2.16. The minimum atomic E-state index is 0. The average Bonchev–Trinajstić information content (AvgIpc) is 2.56. The lowest BCUT2D eigenvalue weighted by Crippen LogP contribution is -2.52. The van der Waals surface area contributed by atoms with Crippen molar-refractivity contribution in [1.29, 1.82) is 0 Å². The number of unbranched alkanes of at least 4 members (excludes halogenated alkanes) is 1. The molecule has 1 heterocycles. The molecular formula is C17H37IN4O2. The summed E-state index contributed by atoms with van der Waals surface area (Å²) >= 11 is 0. The highest BCUT2D eigenvalue weighted by atomic mass is 127. The third-order valence-electron chi connectivity index (χ3n) is 4.05. The van der Waals surface area contributed by atoms with Crippen molar-refractivity contribution in [3.05, 3.63) is 0 Å². The molecule has 0 aromatic heterocycles. The topological polar surface area (TPSA) is 58.1 Å². The highest BCUT2D eigenvalue weighted by Gasteiger charge is 2.27. The van der Waals surface area contributed by atoms with E-state index in [1.165, 1.54) is 0 Å². The van der Waals surface area contributed by atoms with Crippen molar-refractivity contribution in [3.8, 4) is 0 Å². The van der Waals surface area contributed by atoms with Crippen LogP contribution < -0.4 is 10.6 Å². The van der Waals surface area contributed by atoms with Crippen molar-refractivity contribution in [3.63, 3.8) is 0 Å². The molecule has 0 saturated carbocycles. The van der Waals surface area contributed by atoms with Crippen molar-refractivity contribution in [2.75, 3.05) is 59.2 Å². The van der Waals surface area contributed by atoms with Crippen LogP contribution in [0.4, 0.5) is 0 Å². The third-order valence-corrected chi connectivity index (χ3v) is 4.05. The Morgan fingerprint density at radius 3 is 2.50 bits per heavy atom. The van der Waals surface area contributed by atoms with E-state index in [1.54, 1.807) is 0 Å². The van der Waals surface area contributed by atoms with E-state index >= 15 is 0 Å². The Morgan fingerprint density at radius 2 is 1.88 bits per heavy atom. The van der Waals surface area contributed by atoms with Gasteiger partial charge in [-0.3, -0.25) is 9.89 Å². The van der Waals surface area contributed by atoms with E-state index in [9.17, 15) is 0 Å². The Hall–Kier alpha value is -0.120. The molecule has 0 radical (unpaired) electrons. The Morgan fingerprint density at radius 1 is 1.17 bits per heavy atom. The fraction of sp³-hybridized carbons (Fsp3) is 0.941. The second-order valence-corrected chi connectivity index (χ2v) is 6.44. The molecule has 1 fully saturated rings. The first kappa shape index (κ1) is 23.9. The first-order valence-electron chi connectivity index (χ1n) is 9.03. The zero-order chi connectivity index (χ0) is 17.0. The summed E-state index contributed by atoms with van der Waals surface area (Å²) in [5.41, 5.74) is 0.0566. The molecule has 6 nitrogen and oxygen atoms in total. The van der Waals surface area contributed by atoms with Gasteiger partial charge in [-0.15, -0.1) is 24.0 Å². The number of nitrogens with one attached hydrogen (secondary N) is 2. The maximum absolute atomic E-state index is 5.44. The van der Waals surface area contributed by atoms with Gasteiger partial charge >= 0.3 is 0 Å². The van der Waals surface area contributed by atoms with Gasteiger partial charge in [0.1, 0.15) is 0 Å². The van der Waals surface area contributed by atoms with E-state index in [0.29, 0.717) is 0 Å². The predicted octanol–water partition coefficient (Wildman–Crippen LogP) is 2.09. The number of rotatable bonds is 10. The monoisotopic (exact) mass is 456 g/mol. The lowest BCUT2D eigenvalue weighted by atomic mass is 10.0. The SMILES string of the molecule is CCNC(=NCC(C)(C)N1CCOCC1)NCCCCOCC.I. The zero-order valence-electron chi connectivity index (χ0n) is 15.9. The summed E-state index contributed by atoms with van der Waals surface area (Å²) in [5.74, 6) is 0.908. The van der Waals surface area contributed by atoms with Gasteiger partial charge in [0.15, 0.2) is 5.96 Å². The number of ether oxygens (including phenoxy) is 2. The molecule has 0 aromatic carbocycles. The van der Waals surface area contributed by atoms with E-state index in [1.807, 2.05) is 6.92 Å². The molecule has 0 unspecified atom stereocenters. The maximum atomic E-state index is 5.44. The summed E-state index contributed by atoms with van der Waals surface area (Å²) in [6, 6.07) is 0. The van der Waals surface area contributed by atoms with Gasteiger partial charge in [-0.1, -0.05) is 0 Å². The minimum Gasteiger partial charge on any atom is -0.382 e. The van der Waals surface area contributed by atoms with Gasteiger partial charge in [-0.2, -0.15) is 0 Å². The average molecular weight is 456 g/mol. The third kappa shape index (κ3) is 10.0. The van der Waals surface area contributed by atoms with E-state index < -0.39 is 0 Å². The molecule has 2 N–H and O–H groups in total. The van der Waals surface area contributed by atoms with Gasteiger partial charge in [0.2, 0.25) is 0 Å². The molecule has 0 amide bonds. The largest absolute Gasteiger partial charge is 0.382 e. The Labute approximate surface area is 165 Å². The van der Waals surface area contributed by atoms with Crippen molar-refractivity contribution in [2.45, 2.75) is 46.1 Å². The molecule has 1 aliphatic rings. The number of nitrogens with zero attached hydrogens (tertiary/aromatic N) is 2. The molecule has 7 heteroatoms. The molecule has 1 rings (SSSR count). The molecule has 24 heavy (non-hydrogen) atoms. The number of morpholine rings is 1. The van der Waals surface area contributed by atoms with Crippen LogP contribution in [0.3, 0.4) is 0 Å². The van der Waals surface area contributed by atoms with Crippen LogP contribution in [0, 0.1) is 0 Å². The van der Waals surface area contributed by atoms with E-state index in [2.05, 4.69) is 36.3 Å². The van der Waals surface area contributed by atoms with E-state index in [0.717, 1.165) is 78.0 Å². The quantitative estimate of drug-likeness (QED) is 0.228. The van der Waals surface area contributed by atoms with Crippen molar-refractivity contribution >= 4 is 29.9 Å². The van der Waals surface area contributed by atoms with Gasteiger partial charge in [-0.25, -0.2) is 0 Å². The molecule has 0 atom stereocenters. The summed E-state index contributed by atoms with van der Waals surface area (Å²) < 4.78 is 10.8. The lowest BCUT2D eigenvalue weighted by molar-refractivity contribution is -0.00683. The van der Waals surface area contributed by atoms with Gasteiger partial charge in [-0.05, 0) is 40.5 Å². The second-order valence-electron chi connectivity index (χ2n) is 6.44. The number of hydrogen-bond donors (Lipinski definition) is 2. The Balaban J connectivity index is 0.00000529. The summed E-state index contributed by atoms with van der Waals surface area (Å²) in [7, 11) is 0. The van der Waals surface area contributed by atoms with Crippen molar-refractivity contribution in [2.24, 2.45) is 4.99 Å². The maximum Gasteiger partial charge on any atom is 0.191 e. The van der Waals surface area contributed by atoms with Crippen molar-refractivity contribution < 1.29 is 9.47 Å². The molecule has 0 bridgehead atoms. The zero-order valence-corrected chi connectivity index (χ0v) is 18.2. The number of hydrogen-bond acceptors (Lipinski definition) is 4. The first-order valence-corrected chi connectivity index (χ1v) is 9.03. The number of halogens is 1. The summed E-state index contributed by atoms with van der Waals surface area (Å²) in [5, 5.41) is 6.74. The Kier molecular flexibility index (Phi) is 14.0. The van der Waals surface area contributed by atoms with Gasteiger partial charge < -0.3 is 20.1 Å². The van der Waals surface area contributed by atoms with Crippen LogP contribution in [0.25, 0.3) is 0 Å². The fourth-order valence-corrected chi connectivity index (χ4v) is 2.56. The fourth-order valence-electron chi connectivity index (χ4n) is 2.56. The lowest BCUT2D eigenvalue weighted by Gasteiger charge is -2.39. The minimum absolute atomic E-state index is 0. The van der Waals surface area contributed by atoms with E-state index in [4.69, 9.17) is 14.5 Å². The van der Waals surface area contributed by atoms with Crippen LogP contribution in [0.15, 0.2) is 4.99 Å². The molecule has 0 aromatic rings. The molecular weight excluding hydrogens is 419 g/mol. The predicted molar refractivity (Wildman–Crippen MR) is 112 cm³/mol. The van der Waals surface area contributed by atoms with Crippen LogP contribution in [0.5, 0.6) is 0 Å². The smallest absolute Gasteiger partial charge is 0.191 e. The molecule has 144 valence electrons. The summed E-state index contributed by atoms with van der Waals surface area (Å²) in [4.78, 5) is 7.24. The van der Waals surface area contributed by atoms with Crippen LogP contribution >= 0.6 is 24.0 Å². The number of aliphatic imine (C=N–C) groups is 1. The van der Waals surface area contributed by atoms with Crippen LogP contribution in [0.1, 0.15) is 40.5 Å². The van der Waals surface area contributed by atoms with Crippen LogP contribution in [-0.2, 0) is 9.47 Å². The highest BCUT2D eigenvalue weighted by molar-refractivity contribution is 14.0. The first-order chi connectivity index (χ1) is 11.1. The van der Waals surface area contributed by atoms with Crippen LogP contribution in [-0.4, -0.2) is 75.5 Å². The van der Waals surface area contributed by atoms with Crippen molar-refractivity contribution in [1.82, 2.24) is 15.5 Å². The van der Waals surface area contributed by atoms with Gasteiger partial charge in [0, 0.05) is 44.9 Å². The normalized spacial score (nSPS) is 16.6. The Bertz CT molecular complexity index is 335. The standard InChI is InChI=1S/C17H36N4O2.HI/c1-5-18-16(19-9-7-8-12-22-6-2)20-15-17(3,4)21-10-13-23-14-11-21;/h5-15H2,1-4H3,(H2,18,19,20);1H. The second kappa shape index (κ2) is 14.1. The van der Waals surface area contributed by atoms with Gasteiger partial charge in [0.05, 0.1) is 19.8 Å².